The quantitative estimate of drug-likeness (QED) is 0.381. The highest BCUT2D eigenvalue weighted by atomic mass is 32.2. The number of rotatable bonds is 5. The van der Waals surface area contributed by atoms with E-state index in [1.165, 1.54) is 40.2 Å². The van der Waals surface area contributed by atoms with Crippen LogP contribution in [0.15, 0.2) is 57.8 Å². The van der Waals surface area contributed by atoms with Gasteiger partial charge in [-0.1, -0.05) is 17.8 Å². The number of thiazole rings is 1. The van der Waals surface area contributed by atoms with Gasteiger partial charge >= 0.3 is 5.97 Å². The van der Waals surface area contributed by atoms with Gasteiger partial charge < -0.3 is 5.11 Å². The molecule has 0 saturated carbocycles. The maximum Gasteiger partial charge on any atom is 0.313 e. The molecule has 0 fully saturated rings. The molecule has 2 aromatic carbocycles. The first-order chi connectivity index (χ1) is 13.9. The van der Waals surface area contributed by atoms with Gasteiger partial charge in [-0.3, -0.25) is 14.2 Å². The Kier molecular flexibility index (Phi) is 5.16. The number of carboxylic acids is 1. The van der Waals surface area contributed by atoms with Crippen LogP contribution in [-0.4, -0.2) is 31.4 Å². The van der Waals surface area contributed by atoms with E-state index in [1.807, 2.05) is 12.3 Å². The Balaban J connectivity index is 1.92. The van der Waals surface area contributed by atoms with Gasteiger partial charge in [-0.05, 0) is 43.3 Å². The number of aryl methyl sites for hydroxylation is 1. The number of halogens is 1. The largest absolute Gasteiger partial charge is 0.481 e. The number of hydrogen-bond donors (Lipinski definition) is 1. The number of fused-ring (bicyclic) bond motifs is 1. The Morgan fingerprint density at radius 2 is 1.97 bits per heavy atom. The molecule has 0 aliphatic carbocycles. The second kappa shape index (κ2) is 7.76. The van der Waals surface area contributed by atoms with E-state index in [0.717, 1.165) is 28.0 Å². The predicted molar refractivity (Wildman–Crippen MR) is 112 cm³/mol. The molecule has 0 atom stereocenters. The summed E-state index contributed by atoms with van der Waals surface area (Å²) >= 11 is 2.46. The second-order valence-corrected chi connectivity index (χ2v) is 8.18. The maximum absolute atomic E-state index is 13.3. The molecule has 0 radical (unpaired) electrons. The highest BCUT2D eigenvalue weighted by Gasteiger charge is 2.16. The van der Waals surface area contributed by atoms with E-state index in [-0.39, 0.29) is 16.5 Å². The zero-order chi connectivity index (χ0) is 20.5. The van der Waals surface area contributed by atoms with Crippen molar-refractivity contribution in [3.05, 3.63) is 69.0 Å². The Morgan fingerprint density at radius 3 is 2.62 bits per heavy atom. The van der Waals surface area contributed by atoms with Crippen LogP contribution in [0.5, 0.6) is 0 Å². The lowest BCUT2D eigenvalue weighted by atomic mass is 10.1. The first-order valence-electron chi connectivity index (χ1n) is 8.52. The van der Waals surface area contributed by atoms with Gasteiger partial charge in [0.25, 0.3) is 5.56 Å². The summed E-state index contributed by atoms with van der Waals surface area (Å²) in [6, 6.07) is 10.7. The summed E-state index contributed by atoms with van der Waals surface area (Å²) in [5.74, 6) is -1.72. The van der Waals surface area contributed by atoms with Crippen LogP contribution < -0.4 is 5.56 Å². The third-order valence-corrected chi connectivity index (χ3v) is 5.86. The molecule has 29 heavy (non-hydrogen) atoms. The molecule has 4 aromatic rings. The summed E-state index contributed by atoms with van der Waals surface area (Å²) in [7, 11) is 0. The normalized spacial score (nSPS) is 11.1. The molecule has 6 nitrogen and oxygen atoms in total. The molecule has 0 aliphatic heterocycles. The number of aliphatic carboxylic acids is 1. The van der Waals surface area contributed by atoms with Crippen molar-refractivity contribution in [1.29, 1.82) is 0 Å². The number of nitrogens with zero attached hydrogens (tertiary/aromatic N) is 3. The lowest BCUT2D eigenvalue weighted by Gasteiger charge is -2.13. The van der Waals surface area contributed by atoms with Crippen LogP contribution in [0.3, 0.4) is 0 Å². The standard InChI is InChI=1S/C20H14FN3O3S2/c1-11-22-17(9-28-11)12-2-7-15-16(8-12)23-20(29-10-18(25)26)24(19(15)27)14-5-3-13(21)4-6-14/h2-9H,10H2,1H3,(H,25,26). The van der Waals surface area contributed by atoms with E-state index < -0.39 is 11.8 Å². The monoisotopic (exact) mass is 427 g/mol. The number of thioether (sulfide) groups is 1. The minimum atomic E-state index is -1.03. The lowest BCUT2D eigenvalue weighted by Crippen LogP contribution is -2.22. The highest BCUT2D eigenvalue weighted by Crippen LogP contribution is 2.26. The van der Waals surface area contributed by atoms with Gasteiger partial charge in [0.2, 0.25) is 0 Å². The summed E-state index contributed by atoms with van der Waals surface area (Å²) in [5.41, 5.74) is 2.12. The van der Waals surface area contributed by atoms with Crippen LogP contribution in [-0.2, 0) is 4.79 Å². The summed E-state index contributed by atoms with van der Waals surface area (Å²) in [4.78, 5) is 33.2. The number of aromatic nitrogens is 3. The van der Waals surface area contributed by atoms with Crippen LogP contribution >= 0.6 is 23.1 Å². The summed E-state index contributed by atoms with van der Waals surface area (Å²) in [5, 5.41) is 12.5. The molecule has 0 unspecified atom stereocenters. The van der Waals surface area contributed by atoms with Crippen molar-refractivity contribution >= 4 is 40.0 Å². The molecule has 146 valence electrons. The SMILES string of the molecule is Cc1nc(-c2ccc3c(=O)n(-c4ccc(F)cc4)c(SCC(=O)O)nc3c2)cs1. The molecule has 9 heteroatoms. The Morgan fingerprint density at radius 1 is 1.21 bits per heavy atom. The summed E-state index contributed by atoms with van der Waals surface area (Å²) < 4.78 is 14.6. The van der Waals surface area contributed by atoms with Gasteiger partial charge in [-0.2, -0.15) is 0 Å². The smallest absolute Gasteiger partial charge is 0.313 e. The highest BCUT2D eigenvalue weighted by molar-refractivity contribution is 7.99. The van der Waals surface area contributed by atoms with Crippen molar-refractivity contribution < 1.29 is 14.3 Å². The third-order valence-electron chi connectivity index (χ3n) is 4.16. The molecule has 4 rings (SSSR count). The Hall–Kier alpha value is -3.04. The zero-order valence-corrected chi connectivity index (χ0v) is 16.8. The minimum absolute atomic E-state index is 0.225. The fourth-order valence-corrected chi connectivity index (χ4v) is 4.22. The van der Waals surface area contributed by atoms with Gasteiger partial charge in [-0.15, -0.1) is 11.3 Å². The first kappa shape index (κ1) is 19.3. The summed E-state index contributed by atoms with van der Waals surface area (Å²) in [6.07, 6.45) is 0. The maximum atomic E-state index is 13.3. The molecule has 0 bridgehead atoms. The number of carbonyl (C=O) groups is 1. The van der Waals surface area contributed by atoms with E-state index in [4.69, 9.17) is 5.11 Å². The van der Waals surface area contributed by atoms with E-state index >= 15 is 0 Å². The van der Waals surface area contributed by atoms with Crippen molar-refractivity contribution in [1.82, 2.24) is 14.5 Å². The minimum Gasteiger partial charge on any atom is -0.481 e. The lowest BCUT2D eigenvalue weighted by molar-refractivity contribution is -0.133. The van der Waals surface area contributed by atoms with E-state index in [9.17, 15) is 14.0 Å². The van der Waals surface area contributed by atoms with E-state index in [1.54, 1.807) is 18.2 Å². The number of benzene rings is 2. The first-order valence-corrected chi connectivity index (χ1v) is 10.4. The predicted octanol–water partition coefficient (Wildman–Crippen LogP) is 4.13. The molecule has 2 heterocycles. The van der Waals surface area contributed by atoms with Crippen LogP contribution in [0.1, 0.15) is 5.01 Å². The summed E-state index contributed by atoms with van der Waals surface area (Å²) in [6.45, 7) is 1.91. The Bertz CT molecular complexity index is 1280. The van der Waals surface area contributed by atoms with Crippen molar-refractivity contribution in [3.63, 3.8) is 0 Å². The fourth-order valence-electron chi connectivity index (χ4n) is 2.86. The fraction of sp³-hybridized carbons (Fsp3) is 0.100. The van der Waals surface area contributed by atoms with Gasteiger partial charge in [0.15, 0.2) is 5.16 Å². The van der Waals surface area contributed by atoms with Gasteiger partial charge in [-0.25, -0.2) is 14.4 Å². The van der Waals surface area contributed by atoms with Crippen molar-refractivity contribution in [3.8, 4) is 16.9 Å². The average molecular weight is 427 g/mol. The Labute approximate surface area is 172 Å². The molecule has 0 spiro atoms. The van der Waals surface area contributed by atoms with Gasteiger partial charge in [0, 0.05) is 10.9 Å². The van der Waals surface area contributed by atoms with Crippen molar-refractivity contribution in [2.75, 3.05) is 5.75 Å². The zero-order valence-electron chi connectivity index (χ0n) is 15.1. The molecule has 1 N–H and O–H groups in total. The van der Waals surface area contributed by atoms with Crippen molar-refractivity contribution in [2.45, 2.75) is 12.1 Å². The molecule has 0 aliphatic rings. The van der Waals surface area contributed by atoms with E-state index in [2.05, 4.69) is 9.97 Å². The number of carboxylic acid groups (broad SMARTS) is 1. The third kappa shape index (κ3) is 3.92. The molecule has 0 saturated heterocycles. The van der Waals surface area contributed by atoms with Crippen molar-refractivity contribution in [2.24, 2.45) is 0 Å². The van der Waals surface area contributed by atoms with Crippen LogP contribution in [0, 0.1) is 12.7 Å². The molecular weight excluding hydrogens is 413 g/mol. The average Bonchev–Trinajstić information content (AvgIpc) is 3.13. The van der Waals surface area contributed by atoms with Crippen LogP contribution in [0.4, 0.5) is 4.39 Å². The molecular formula is C20H14FN3O3S2. The molecule has 2 aromatic heterocycles. The number of hydrogen-bond acceptors (Lipinski definition) is 6. The molecule has 0 amide bonds. The van der Waals surface area contributed by atoms with E-state index in [0.29, 0.717) is 16.6 Å². The topological polar surface area (TPSA) is 85.1 Å². The van der Waals surface area contributed by atoms with Gasteiger partial charge in [0.05, 0.1) is 33.0 Å². The second-order valence-electron chi connectivity index (χ2n) is 6.18. The van der Waals surface area contributed by atoms with Crippen LogP contribution in [0.25, 0.3) is 27.8 Å². The van der Waals surface area contributed by atoms with Crippen LogP contribution in [0.2, 0.25) is 0 Å². The van der Waals surface area contributed by atoms with Gasteiger partial charge in [0.1, 0.15) is 5.82 Å².